The Hall–Kier alpha value is -4.28. The molecule has 0 aliphatic carbocycles. The number of benzene rings is 3. The summed E-state index contributed by atoms with van der Waals surface area (Å²) >= 11 is 4.67. The molecule has 0 spiro atoms. The second kappa shape index (κ2) is 13.2. The monoisotopic (exact) mass is 674 g/mol. The zero-order chi connectivity index (χ0) is 31.5. The summed E-state index contributed by atoms with van der Waals surface area (Å²) < 4.78 is 18.8. The van der Waals surface area contributed by atoms with Crippen LogP contribution < -0.4 is 24.4 Å². The summed E-state index contributed by atoms with van der Waals surface area (Å²) in [5, 5.41) is 0. The molecule has 1 aromatic heterocycles. The standard InChI is InChI=1S/C34H31BrN2O6S/c1-6-42-33(40)28-29(23-10-8-7-9-11-23)36-34-37(30(28)24-14-12-22(13-15-24)19(2)3)32(39)27(44-34)18-21-16-25(35)31(43-20(4)38)26(17-21)41-5/h7-19,30H,6H2,1-5H3/b27-18-/t30-/m1/s1. The Bertz CT molecular complexity index is 1940. The fourth-order valence-corrected chi connectivity index (χ4v) is 6.58. The van der Waals surface area contributed by atoms with Gasteiger partial charge in [0.05, 0.1) is 40.0 Å². The van der Waals surface area contributed by atoms with Crippen molar-refractivity contribution in [1.29, 1.82) is 0 Å². The third-order valence-electron chi connectivity index (χ3n) is 7.09. The van der Waals surface area contributed by atoms with E-state index in [-0.39, 0.29) is 17.9 Å². The van der Waals surface area contributed by atoms with Gasteiger partial charge >= 0.3 is 11.9 Å². The second-order valence-corrected chi connectivity index (χ2v) is 12.2. The Balaban J connectivity index is 1.78. The highest BCUT2D eigenvalue weighted by Crippen LogP contribution is 2.38. The van der Waals surface area contributed by atoms with Gasteiger partial charge < -0.3 is 14.2 Å². The van der Waals surface area contributed by atoms with Crippen LogP contribution >= 0.6 is 27.3 Å². The zero-order valence-electron chi connectivity index (χ0n) is 24.9. The summed E-state index contributed by atoms with van der Waals surface area (Å²) in [4.78, 5) is 44.8. The van der Waals surface area contributed by atoms with Crippen LogP contribution in [0.2, 0.25) is 0 Å². The molecule has 0 saturated carbocycles. The maximum Gasteiger partial charge on any atom is 0.338 e. The van der Waals surface area contributed by atoms with E-state index in [9.17, 15) is 14.4 Å². The number of hydrogen-bond donors (Lipinski definition) is 0. The molecule has 226 valence electrons. The molecule has 3 aromatic carbocycles. The summed E-state index contributed by atoms with van der Waals surface area (Å²) in [6, 6.07) is 20.1. The third-order valence-corrected chi connectivity index (χ3v) is 8.66. The van der Waals surface area contributed by atoms with E-state index in [2.05, 4.69) is 29.8 Å². The molecule has 1 aliphatic heterocycles. The summed E-state index contributed by atoms with van der Waals surface area (Å²) in [6.45, 7) is 7.46. The predicted octanol–water partition coefficient (Wildman–Crippen LogP) is 5.76. The van der Waals surface area contributed by atoms with Gasteiger partial charge in [-0.25, -0.2) is 9.79 Å². The normalized spacial score (nSPS) is 14.7. The van der Waals surface area contributed by atoms with Gasteiger partial charge in [-0.05, 0) is 63.7 Å². The number of fused-ring (bicyclic) bond motifs is 1. The number of nitrogens with zero attached hydrogens (tertiary/aromatic N) is 2. The smallest absolute Gasteiger partial charge is 0.338 e. The van der Waals surface area contributed by atoms with Gasteiger partial charge in [0.15, 0.2) is 16.3 Å². The van der Waals surface area contributed by atoms with Crippen molar-refractivity contribution in [3.63, 3.8) is 0 Å². The van der Waals surface area contributed by atoms with E-state index in [1.165, 1.54) is 25.4 Å². The van der Waals surface area contributed by atoms with Gasteiger partial charge in [-0.3, -0.25) is 14.2 Å². The number of carbonyl (C=O) groups excluding carboxylic acids is 2. The van der Waals surface area contributed by atoms with Crippen molar-refractivity contribution in [2.45, 2.75) is 39.7 Å². The molecule has 1 aliphatic rings. The topological polar surface area (TPSA) is 96.2 Å². The van der Waals surface area contributed by atoms with E-state index in [0.717, 1.165) is 16.7 Å². The minimum atomic E-state index is -0.767. The highest BCUT2D eigenvalue weighted by molar-refractivity contribution is 9.10. The van der Waals surface area contributed by atoms with E-state index < -0.39 is 18.0 Å². The molecule has 5 rings (SSSR count). The van der Waals surface area contributed by atoms with E-state index in [4.69, 9.17) is 19.2 Å². The molecule has 44 heavy (non-hydrogen) atoms. The number of esters is 2. The predicted molar refractivity (Wildman–Crippen MR) is 174 cm³/mol. The SMILES string of the molecule is CCOC(=O)C1=C(c2ccccc2)N=c2s/c(=C\c3cc(Br)c(OC(C)=O)c(OC)c3)c(=O)n2[C@@H]1c1ccc(C(C)C)cc1. The van der Waals surface area contributed by atoms with Crippen LogP contribution in [0, 0.1) is 0 Å². The first-order chi connectivity index (χ1) is 21.1. The van der Waals surface area contributed by atoms with Crippen molar-refractivity contribution >= 4 is 51.0 Å². The van der Waals surface area contributed by atoms with E-state index in [1.54, 1.807) is 29.7 Å². The highest BCUT2D eigenvalue weighted by atomic mass is 79.9. The number of carbonyl (C=O) groups is 2. The van der Waals surface area contributed by atoms with E-state index in [1.807, 2.05) is 54.6 Å². The molecule has 1 atom stereocenters. The number of halogens is 1. The van der Waals surface area contributed by atoms with Gasteiger partial charge in [0, 0.05) is 12.5 Å². The maximum atomic E-state index is 14.2. The summed E-state index contributed by atoms with van der Waals surface area (Å²) in [5.74, 6) is -0.132. The van der Waals surface area contributed by atoms with Crippen LogP contribution in [0.5, 0.6) is 11.5 Å². The zero-order valence-corrected chi connectivity index (χ0v) is 27.3. The molecule has 2 heterocycles. The molecular formula is C34H31BrN2O6S. The average Bonchev–Trinajstić information content (AvgIpc) is 3.31. The van der Waals surface area contributed by atoms with E-state index in [0.29, 0.717) is 42.3 Å². The fraction of sp³-hybridized carbons (Fsp3) is 0.235. The van der Waals surface area contributed by atoms with Gasteiger partial charge in [0.2, 0.25) is 0 Å². The van der Waals surface area contributed by atoms with Crippen LogP contribution in [0.25, 0.3) is 11.8 Å². The first-order valence-corrected chi connectivity index (χ1v) is 15.7. The fourth-order valence-electron chi connectivity index (χ4n) is 5.04. The molecule has 0 amide bonds. The second-order valence-electron chi connectivity index (χ2n) is 10.4. The lowest BCUT2D eigenvalue weighted by Crippen LogP contribution is -2.40. The third kappa shape index (κ3) is 6.18. The van der Waals surface area contributed by atoms with Gasteiger partial charge in [-0.15, -0.1) is 0 Å². The number of ether oxygens (including phenoxy) is 3. The maximum absolute atomic E-state index is 14.2. The number of aromatic nitrogens is 1. The molecule has 0 unspecified atom stereocenters. The molecule has 0 saturated heterocycles. The van der Waals surface area contributed by atoms with Crippen molar-refractivity contribution in [2.24, 2.45) is 4.99 Å². The van der Waals surface area contributed by atoms with Crippen molar-refractivity contribution in [3.8, 4) is 11.5 Å². The summed E-state index contributed by atoms with van der Waals surface area (Å²) in [6.07, 6.45) is 1.73. The Kier molecular flexibility index (Phi) is 9.31. The van der Waals surface area contributed by atoms with Crippen LogP contribution in [0.4, 0.5) is 0 Å². The number of hydrogen-bond acceptors (Lipinski definition) is 8. The Morgan fingerprint density at radius 3 is 2.41 bits per heavy atom. The van der Waals surface area contributed by atoms with Crippen molar-refractivity contribution in [3.05, 3.63) is 119 Å². The van der Waals surface area contributed by atoms with Crippen LogP contribution in [0.15, 0.2) is 86.6 Å². The Morgan fingerprint density at radius 2 is 1.80 bits per heavy atom. The largest absolute Gasteiger partial charge is 0.493 e. The van der Waals surface area contributed by atoms with Crippen molar-refractivity contribution < 1.29 is 23.8 Å². The van der Waals surface area contributed by atoms with Crippen molar-refractivity contribution in [2.75, 3.05) is 13.7 Å². The lowest BCUT2D eigenvalue weighted by Gasteiger charge is -2.26. The first kappa shape index (κ1) is 31.2. The Morgan fingerprint density at radius 1 is 1.09 bits per heavy atom. The van der Waals surface area contributed by atoms with Gasteiger partial charge in [0.1, 0.15) is 0 Å². The van der Waals surface area contributed by atoms with Crippen LogP contribution in [0.1, 0.15) is 61.9 Å². The molecule has 10 heteroatoms. The minimum absolute atomic E-state index is 0.174. The first-order valence-electron chi connectivity index (χ1n) is 14.1. The van der Waals surface area contributed by atoms with Crippen LogP contribution in [-0.2, 0) is 14.3 Å². The molecule has 0 radical (unpaired) electrons. The molecule has 8 nitrogen and oxygen atoms in total. The lowest BCUT2D eigenvalue weighted by molar-refractivity contribution is -0.139. The quantitative estimate of drug-likeness (QED) is 0.174. The number of rotatable bonds is 8. The molecule has 0 fully saturated rings. The van der Waals surface area contributed by atoms with Crippen molar-refractivity contribution in [1.82, 2.24) is 4.57 Å². The molecular weight excluding hydrogens is 644 g/mol. The van der Waals surface area contributed by atoms with Gasteiger partial charge in [-0.1, -0.05) is 79.8 Å². The summed E-state index contributed by atoms with van der Waals surface area (Å²) in [5.41, 5.74) is 3.74. The highest BCUT2D eigenvalue weighted by Gasteiger charge is 2.35. The summed E-state index contributed by atoms with van der Waals surface area (Å²) in [7, 11) is 1.47. The Labute approximate surface area is 267 Å². The average molecular weight is 676 g/mol. The molecule has 0 bridgehead atoms. The molecule has 4 aromatic rings. The van der Waals surface area contributed by atoms with E-state index >= 15 is 0 Å². The molecule has 0 N–H and O–H groups in total. The number of thiazole rings is 1. The van der Waals surface area contributed by atoms with Crippen LogP contribution in [-0.4, -0.2) is 30.2 Å². The lowest BCUT2D eigenvalue weighted by atomic mass is 9.91. The van der Waals surface area contributed by atoms with Gasteiger partial charge in [0.25, 0.3) is 5.56 Å². The van der Waals surface area contributed by atoms with Gasteiger partial charge in [-0.2, -0.15) is 0 Å². The van der Waals surface area contributed by atoms with Crippen LogP contribution in [0.3, 0.4) is 0 Å². The number of methoxy groups -OCH3 is 1. The minimum Gasteiger partial charge on any atom is -0.493 e.